The molecule has 0 bridgehead atoms. The molecule has 0 spiro atoms. The lowest BCUT2D eigenvalue weighted by Crippen LogP contribution is -2.47. The highest BCUT2D eigenvalue weighted by molar-refractivity contribution is 6.29. The number of pyridine rings is 1. The molecule has 2 rings (SSSR count). The molecular formula is C11H14ClN3O. The normalized spacial score (nSPS) is 17.6. The van der Waals surface area contributed by atoms with Crippen molar-refractivity contribution < 1.29 is 4.79 Å². The number of hydrogen-bond acceptors (Lipinski definition) is 3. The van der Waals surface area contributed by atoms with E-state index in [9.17, 15) is 4.79 Å². The van der Waals surface area contributed by atoms with Crippen LogP contribution in [0.4, 0.5) is 5.69 Å². The molecule has 1 heterocycles. The van der Waals surface area contributed by atoms with Crippen LogP contribution < -0.4 is 11.1 Å². The van der Waals surface area contributed by atoms with Crippen LogP contribution in [0.15, 0.2) is 18.3 Å². The fourth-order valence-corrected chi connectivity index (χ4v) is 2.05. The lowest BCUT2D eigenvalue weighted by Gasteiger charge is -2.39. The first-order valence-corrected chi connectivity index (χ1v) is 5.67. The maximum Gasteiger partial charge on any atom is 0.231 e. The Morgan fingerprint density at radius 3 is 2.88 bits per heavy atom. The van der Waals surface area contributed by atoms with E-state index in [1.54, 1.807) is 18.3 Å². The summed E-state index contributed by atoms with van der Waals surface area (Å²) in [5.41, 5.74) is 5.96. The van der Waals surface area contributed by atoms with Gasteiger partial charge in [0.1, 0.15) is 5.15 Å². The topological polar surface area (TPSA) is 68.0 Å². The molecule has 1 aromatic heterocycles. The van der Waals surface area contributed by atoms with Crippen molar-refractivity contribution in [3.8, 4) is 0 Å². The third-order valence-corrected chi connectivity index (χ3v) is 3.37. The van der Waals surface area contributed by atoms with Gasteiger partial charge in [-0.05, 0) is 25.0 Å². The van der Waals surface area contributed by atoms with Crippen molar-refractivity contribution in [3.05, 3.63) is 23.5 Å². The minimum Gasteiger partial charge on any atom is -0.329 e. The number of nitrogens with two attached hydrogens (primary N) is 1. The summed E-state index contributed by atoms with van der Waals surface area (Å²) in [7, 11) is 0. The van der Waals surface area contributed by atoms with E-state index in [-0.39, 0.29) is 11.3 Å². The van der Waals surface area contributed by atoms with E-state index in [2.05, 4.69) is 10.3 Å². The summed E-state index contributed by atoms with van der Waals surface area (Å²) in [6, 6.07) is 3.34. The molecule has 3 N–H and O–H groups in total. The predicted octanol–water partition coefficient (Wildman–Crippen LogP) is 1.80. The van der Waals surface area contributed by atoms with Gasteiger partial charge in [0, 0.05) is 18.4 Å². The van der Waals surface area contributed by atoms with Gasteiger partial charge in [-0.2, -0.15) is 0 Å². The average Bonchev–Trinajstić information content (AvgIpc) is 2.16. The largest absolute Gasteiger partial charge is 0.329 e. The van der Waals surface area contributed by atoms with Crippen LogP contribution in [0.1, 0.15) is 19.3 Å². The number of nitrogens with one attached hydrogen (secondary N) is 1. The molecule has 86 valence electrons. The second-order valence-corrected chi connectivity index (χ2v) is 4.55. The van der Waals surface area contributed by atoms with Gasteiger partial charge in [0.25, 0.3) is 0 Å². The third-order valence-electron chi connectivity index (χ3n) is 3.17. The predicted molar refractivity (Wildman–Crippen MR) is 63.2 cm³/mol. The van der Waals surface area contributed by atoms with E-state index in [1.807, 2.05) is 0 Å². The van der Waals surface area contributed by atoms with Crippen LogP contribution in [0.5, 0.6) is 0 Å². The van der Waals surface area contributed by atoms with Crippen LogP contribution in [0.2, 0.25) is 5.15 Å². The molecule has 16 heavy (non-hydrogen) atoms. The number of halogens is 1. The molecule has 0 atom stereocenters. The zero-order chi connectivity index (χ0) is 11.6. The van der Waals surface area contributed by atoms with Crippen molar-refractivity contribution in [3.63, 3.8) is 0 Å². The molecule has 1 aromatic rings. The Morgan fingerprint density at radius 1 is 1.62 bits per heavy atom. The monoisotopic (exact) mass is 239 g/mol. The standard InChI is InChI=1S/C11H14ClN3O/c12-9-6-8(2-5-14-9)15-10(16)11(7-13)3-1-4-11/h2,5-6H,1,3-4,7,13H2,(H,14,15,16). The summed E-state index contributed by atoms with van der Waals surface area (Å²) >= 11 is 5.74. The molecule has 1 amide bonds. The Bertz CT molecular complexity index is 398. The van der Waals surface area contributed by atoms with Crippen molar-refractivity contribution in [1.29, 1.82) is 0 Å². The van der Waals surface area contributed by atoms with E-state index < -0.39 is 0 Å². The highest BCUT2D eigenvalue weighted by Crippen LogP contribution is 2.40. The van der Waals surface area contributed by atoms with Gasteiger partial charge in [0.05, 0.1) is 5.41 Å². The van der Waals surface area contributed by atoms with Gasteiger partial charge in [-0.25, -0.2) is 4.98 Å². The van der Waals surface area contributed by atoms with Gasteiger partial charge in [0.15, 0.2) is 0 Å². The van der Waals surface area contributed by atoms with Crippen LogP contribution in [-0.4, -0.2) is 17.4 Å². The molecule has 1 saturated carbocycles. The van der Waals surface area contributed by atoms with E-state index in [4.69, 9.17) is 17.3 Å². The smallest absolute Gasteiger partial charge is 0.231 e. The molecule has 1 aliphatic rings. The fraction of sp³-hybridized carbons (Fsp3) is 0.455. The number of rotatable bonds is 3. The number of carbonyl (C=O) groups excluding carboxylic acids is 1. The zero-order valence-electron chi connectivity index (χ0n) is 8.87. The van der Waals surface area contributed by atoms with Crippen molar-refractivity contribution >= 4 is 23.2 Å². The SMILES string of the molecule is NCC1(C(=O)Nc2ccnc(Cl)c2)CCC1. The van der Waals surface area contributed by atoms with E-state index in [0.29, 0.717) is 17.4 Å². The summed E-state index contributed by atoms with van der Waals surface area (Å²) in [6.45, 7) is 0.400. The number of aromatic nitrogens is 1. The summed E-state index contributed by atoms with van der Waals surface area (Å²) in [5.74, 6) is -0.0106. The molecule has 5 heteroatoms. The molecule has 0 aliphatic heterocycles. The summed E-state index contributed by atoms with van der Waals surface area (Å²) < 4.78 is 0. The first kappa shape index (κ1) is 11.4. The fourth-order valence-electron chi connectivity index (χ4n) is 1.87. The second kappa shape index (κ2) is 4.39. The number of anilines is 1. The van der Waals surface area contributed by atoms with Crippen molar-refractivity contribution in [2.75, 3.05) is 11.9 Å². The lowest BCUT2D eigenvalue weighted by molar-refractivity contribution is -0.129. The molecule has 0 unspecified atom stereocenters. The Morgan fingerprint density at radius 2 is 2.38 bits per heavy atom. The highest BCUT2D eigenvalue weighted by atomic mass is 35.5. The van der Waals surface area contributed by atoms with Crippen molar-refractivity contribution in [1.82, 2.24) is 4.98 Å². The first-order chi connectivity index (χ1) is 7.66. The minimum atomic E-state index is -0.365. The lowest BCUT2D eigenvalue weighted by atomic mass is 9.68. The van der Waals surface area contributed by atoms with Crippen LogP contribution in [0, 0.1) is 5.41 Å². The minimum absolute atomic E-state index is 0.0106. The molecule has 0 saturated heterocycles. The van der Waals surface area contributed by atoms with Crippen LogP contribution in [-0.2, 0) is 4.79 Å². The van der Waals surface area contributed by atoms with Gasteiger partial charge < -0.3 is 11.1 Å². The molecule has 4 nitrogen and oxygen atoms in total. The van der Waals surface area contributed by atoms with Gasteiger partial charge >= 0.3 is 0 Å². The average molecular weight is 240 g/mol. The third kappa shape index (κ3) is 2.03. The van der Waals surface area contributed by atoms with E-state index >= 15 is 0 Å². The molecule has 0 radical (unpaired) electrons. The number of amides is 1. The van der Waals surface area contributed by atoms with Crippen molar-refractivity contribution in [2.24, 2.45) is 11.1 Å². The van der Waals surface area contributed by atoms with Crippen LogP contribution in [0.3, 0.4) is 0 Å². The number of carbonyl (C=O) groups is 1. The Hall–Kier alpha value is -1.13. The molecule has 0 aromatic carbocycles. The molecule has 1 fully saturated rings. The number of hydrogen-bond donors (Lipinski definition) is 2. The van der Waals surface area contributed by atoms with Gasteiger partial charge in [-0.3, -0.25) is 4.79 Å². The first-order valence-electron chi connectivity index (χ1n) is 5.29. The zero-order valence-corrected chi connectivity index (χ0v) is 9.63. The quantitative estimate of drug-likeness (QED) is 0.791. The van der Waals surface area contributed by atoms with Gasteiger partial charge in [0.2, 0.25) is 5.91 Å². The van der Waals surface area contributed by atoms with E-state index in [0.717, 1.165) is 19.3 Å². The van der Waals surface area contributed by atoms with Gasteiger partial charge in [-0.1, -0.05) is 18.0 Å². The molecule has 1 aliphatic carbocycles. The highest BCUT2D eigenvalue weighted by Gasteiger charge is 2.42. The van der Waals surface area contributed by atoms with Crippen molar-refractivity contribution in [2.45, 2.75) is 19.3 Å². The Kier molecular flexibility index (Phi) is 3.12. The maximum atomic E-state index is 12.0. The second-order valence-electron chi connectivity index (χ2n) is 4.16. The van der Waals surface area contributed by atoms with Crippen LogP contribution >= 0.6 is 11.6 Å². The number of nitrogens with zero attached hydrogens (tertiary/aromatic N) is 1. The maximum absolute atomic E-state index is 12.0. The van der Waals surface area contributed by atoms with Crippen LogP contribution in [0.25, 0.3) is 0 Å². The molecular weight excluding hydrogens is 226 g/mol. The Labute approximate surface area is 99.2 Å². The summed E-state index contributed by atoms with van der Waals surface area (Å²) in [6.07, 6.45) is 4.37. The van der Waals surface area contributed by atoms with E-state index in [1.165, 1.54) is 0 Å². The summed E-state index contributed by atoms with van der Waals surface area (Å²) in [4.78, 5) is 15.9. The summed E-state index contributed by atoms with van der Waals surface area (Å²) in [5, 5.41) is 3.20. The Balaban J connectivity index is 2.07. The van der Waals surface area contributed by atoms with Gasteiger partial charge in [-0.15, -0.1) is 0 Å².